The van der Waals surface area contributed by atoms with Crippen LogP contribution in [0.2, 0.25) is 0 Å². The number of aromatic nitrogens is 1. The summed E-state index contributed by atoms with van der Waals surface area (Å²) in [6, 6.07) is 0.663. The predicted molar refractivity (Wildman–Crippen MR) is 63.8 cm³/mol. The van der Waals surface area contributed by atoms with Crippen LogP contribution < -0.4 is 21.9 Å². The van der Waals surface area contributed by atoms with E-state index in [9.17, 15) is 13.6 Å². The molecule has 0 bridgehead atoms. The predicted octanol–water partition coefficient (Wildman–Crippen LogP) is 0.583. The summed E-state index contributed by atoms with van der Waals surface area (Å²) in [5.74, 6) is 2.70. The number of anilines is 2. The maximum Gasteiger partial charge on any atom is 0.221 e. The Morgan fingerprint density at radius 3 is 2.67 bits per heavy atom. The Balaban J connectivity index is 2.59. The van der Waals surface area contributed by atoms with Gasteiger partial charge in [-0.2, -0.15) is 0 Å². The molecular weight excluding hydrogens is 244 g/mol. The third-order valence-electron chi connectivity index (χ3n) is 2.08. The lowest BCUT2D eigenvalue weighted by Gasteiger charge is -2.09. The van der Waals surface area contributed by atoms with Crippen LogP contribution in [0.4, 0.5) is 20.4 Å². The van der Waals surface area contributed by atoms with Gasteiger partial charge in [0.1, 0.15) is 0 Å². The molecule has 1 amide bonds. The van der Waals surface area contributed by atoms with Gasteiger partial charge in [0, 0.05) is 25.6 Å². The van der Waals surface area contributed by atoms with Gasteiger partial charge in [0.25, 0.3) is 0 Å². The van der Waals surface area contributed by atoms with Gasteiger partial charge in [-0.1, -0.05) is 0 Å². The molecule has 0 radical (unpaired) electrons. The van der Waals surface area contributed by atoms with E-state index in [2.05, 4.69) is 15.6 Å². The third-order valence-corrected chi connectivity index (χ3v) is 2.08. The number of halogens is 2. The van der Waals surface area contributed by atoms with E-state index in [-0.39, 0.29) is 30.5 Å². The average molecular weight is 259 g/mol. The molecule has 0 aliphatic heterocycles. The molecule has 6 nitrogen and oxygen atoms in total. The number of hydrogen-bond donors (Lipinski definition) is 4. The van der Waals surface area contributed by atoms with Crippen molar-refractivity contribution in [1.82, 2.24) is 10.3 Å². The lowest BCUT2D eigenvalue weighted by Crippen LogP contribution is -2.25. The van der Waals surface area contributed by atoms with Gasteiger partial charge < -0.3 is 16.1 Å². The number of nitrogen functional groups attached to an aromatic ring is 1. The Hall–Kier alpha value is -1.96. The van der Waals surface area contributed by atoms with E-state index >= 15 is 0 Å². The van der Waals surface area contributed by atoms with Crippen molar-refractivity contribution in [3.05, 3.63) is 17.7 Å². The quantitative estimate of drug-likeness (QED) is 0.443. The Kier molecular flexibility index (Phi) is 5.25. The Morgan fingerprint density at radius 1 is 1.39 bits per heavy atom. The van der Waals surface area contributed by atoms with Crippen LogP contribution in [-0.4, -0.2) is 24.0 Å². The van der Waals surface area contributed by atoms with Crippen LogP contribution in [-0.2, 0) is 4.79 Å². The first-order valence-electron chi connectivity index (χ1n) is 5.41. The number of hydrogen-bond acceptors (Lipinski definition) is 5. The first-order valence-corrected chi connectivity index (χ1v) is 5.41. The lowest BCUT2D eigenvalue weighted by atomic mass is 10.3. The fraction of sp³-hybridized carbons (Fsp3) is 0.400. The van der Waals surface area contributed by atoms with E-state index in [0.29, 0.717) is 12.6 Å². The number of nitrogens with zero attached hydrogens (tertiary/aromatic N) is 1. The minimum absolute atomic E-state index is 0.159. The van der Waals surface area contributed by atoms with E-state index in [1.165, 1.54) is 0 Å². The molecule has 0 saturated carbocycles. The van der Waals surface area contributed by atoms with E-state index in [1.54, 1.807) is 6.92 Å². The summed E-state index contributed by atoms with van der Waals surface area (Å²) in [4.78, 5) is 14.7. The van der Waals surface area contributed by atoms with Crippen molar-refractivity contribution < 1.29 is 13.6 Å². The maximum atomic E-state index is 13.3. The molecule has 0 saturated heterocycles. The highest BCUT2D eigenvalue weighted by Crippen LogP contribution is 2.17. The standard InChI is InChI=1S/C10H15F2N5O/c1-2-14-8(18)3-4-15-9-6(11)5-7(12)10(16-9)17-13/h5H,2-4,13H2,1H3,(H,14,18)(H2,15,16,17). The van der Waals surface area contributed by atoms with Crippen LogP contribution in [0.5, 0.6) is 0 Å². The molecule has 0 spiro atoms. The first-order chi connectivity index (χ1) is 8.58. The van der Waals surface area contributed by atoms with E-state index < -0.39 is 11.6 Å². The monoisotopic (exact) mass is 259 g/mol. The molecule has 1 aromatic rings. The molecule has 8 heteroatoms. The normalized spacial score (nSPS) is 10.0. The number of amides is 1. The molecule has 1 aromatic heterocycles. The fourth-order valence-electron chi connectivity index (χ4n) is 1.27. The second-order valence-electron chi connectivity index (χ2n) is 3.42. The summed E-state index contributed by atoms with van der Waals surface area (Å²) in [6.45, 7) is 2.51. The van der Waals surface area contributed by atoms with E-state index in [1.807, 2.05) is 5.43 Å². The molecule has 1 heterocycles. The zero-order valence-corrected chi connectivity index (χ0v) is 9.89. The fourth-order valence-corrected chi connectivity index (χ4v) is 1.27. The highest BCUT2D eigenvalue weighted by atomic mass is 19.1. The molecule has 1 rings (SSSR count). The van der Waals surface area contributed by atoms with E-state index in [0.717, 1.165) is 0 Å². The summed E-state index contributed by atoms with van der Waals surface area (Å²) in [5.41, 5.74) is 2.01. The minimum Gasteiger partial charge on any atom is -0.367 e. The second-order valence-corrected chi connectivity index (χ2v) is 3.42. The number of hydrazine groups is 1. The minimum atomic E-state index is -0.885. The van der Waals surface area contributed by atoms with Crippen LogP contribution in [0.3, 0.4) is 0 Å². The number of nitrogens with two attached hydrogens (primary N) is 1. The second kappa shape index (κ2) is 6.70. The van der Waals surface area contributed by atoms with Crippen molar-refractivity contribution in [2.45, 2.75) is 13.3 Å². The van der Waals surface area contributed by atoms with Crippen LogP contribution in [0.15, 0.2) is 6.07 Å². The summed E-state index contributed by atoms with van der Waals surface area (Å²) >= 11 is 0. The zero-order chi connectivity index (χ0) is 13.5. The maximum absolute atomic E-state index is 13.3. The molecule has 18 heavy (non-hydrogen) atoms. The number of pyridine rings is 1. The number of rotatable bonds is 6. The first kappa shape index (κ1) is 14.1. The molecular formula is C10H15F2N5O. The van der Waals surface area contributed by atoms with Gasteiger partial charge in [-0.05, 0) is 6.92 Å². The van der Waals surface area contributed by atoms with E-state index in [4.69, 9.17) is 5.84 Å². The van der Waals surface area contributed by atoms with Crippen molar-refractivity contribution in [2.24, 2.45) is 5.84 Å². The third kappa shape index (κ3) is 3.81. The summed E-state index contributed by atoms with van der Waals surface area (Å²) < 4.78 is 26.3. The van der Waals surface area contributed by atoms with Gasteiger partial charge in [-0.3, -0.25) is 4.79 Å². The average Bonchev–Trinajstić information content (AvgIpc) is 2.32. The van der Waals surface area contributed by atoms with Crippen LogP contribution in [0, 0.1) is 11.6 Å². The highest BCUT2D eigenvalue weighted by molar-refractivity contribution is 5.76. The largest absolute Gasteiger partial charge is 0.367 e. The molecule has 100 valence electrons. The number of carbonyl (C=O) groups excluding carboxylic acids is 1. The summed E-state index contributed by atoms with van der Waals surface area (Å²) in [5, 5.41) is 5.19. The molecule has 0 atom stereocenters. The van der Waals surface area contributed by atoms with Crippen molar-refractivity contribution in [1.29, 1.82) is 0 Å². The van der Waals surface area contributed by atoms with Crippen molar-refractivity contribution >= 4 is 17.5 Å². The molecule has 0 aliphatic carbocycles. The summed E-state index contributed by atoms with van der Waals surface area (Å²) in [7, 11) is 0. The van der Waals surface area contributed by atoms with Crippen LogP contribution >= 0.6 is 0 Å². The van der Waals surface area contributed by atoms with Gasteiger partial charge >= 0.3 is 0 Å². The zero-order valence-electron chi connectivity index (χ0n) is 9.89. The van der Waals surface area contributed by atoms with Crippen molar-refractivity contribution in [3.63, 3.8) is 0 Å². The van der Waals surface area contributed by atoms with Crippen molar-refractivity contribution in [2.75, 3.05) is 23.8 Å². The molecule has 0 aromatic carbocycles. The van der Waals surface area contributed by atoms with Crippen molar-refractivity contribution in [3.8, 4) is 0 Å². The topological polar surface area (TPSA) is 92.1 Å². The van der Waals surface area contributed by atoms with Gasteiger partial charge in [-0.15, -0.1) is 0 Å². The molecule has 0 fully saturated rings. The Labute approximate surface area is 103 Å². The lowest BCUT2D eigenvalue weighted by molar-refractivity contribution is -0.120. The van der Waals surface area contributed by atoms with Gasteiger partial charge in [0.15, 0.2) is 23.3 Å². The van der Waals surface area contributed by atoms with Crippen LogP contribution in [0.1, 0.15) is 13.3 Å². The van der Waals surface area contributed by atoms with Gasteiger partial charge in [-0.25, -0.2) is 19.6 Å². The SMILES string of the molecule is CCNC(=O)CCNc1nc(NN)c(F)cc1F. The van der Waals surface area contributed by atoms with Gasteiger partial charge in [0.05, 0.1) is 0 Å². The number of nitrogens with one attached hydrogen (secondary N) is 3. The summed E-state index contributed by atoms with van der Waals surface area (Å²) in [6.07, 6.45) is 0.164. The molecule has 0 aliphatic rings. The number of carbonyl (C=O) groups is 1. The highest BCUT2D eigenvalue weighted by Gasteiger charge is 2.11. The van der Waals surface area contributed by atoms with Crippen LogP contribution in [0.25, 0.3) is 0 Å². The Morgan fingerprint density at radius 2 is 2.06 bits per heavy atom. The Bertz CT molecular complexity index is 427. The van der Waals surface area contributed by atoms with Gasteiger partial charge in [0.2, 0.25) is 5.91 Å². The smallest absolute Gasteiger partial charge is 0.221 e. The molecule has 5 N–H and O–H groups in total. The molecule has 0 unspecified atom stereocenters.